The first-order valence-electron chi connectivity index (χ1n) is 6.62. The van der Waals surface area contributed by atoms with Crippen molar-refractivity contribution in [2.45, 2.75) is 13.8 Å². The summed E-state index contributed by atoms with van der Waals surface area (Å²) in [4.78, 5) is 0. The van der Waals surface area contributed by atoms with Crippen LogP contribution in [0, 0.1) is 13.8 Å². The minimum Gasteiger partial charge on any atom is -0.194 e. The Labute approximate surface area is 114 Å². The number of aryl methyl sites for hydroxylation is 3. The van der Waals surface area contributed by atoms with Crippen molar-refractivity contribution in [2.75, 3.05) is 0 Å². The molecule has 0 N–H and O–H groups in total. The van der Waals surface area contributed by atoms with Crippen molar-refractivity contribution in [3.05, 3.63) is 65.7 Å². The van der Waals surface area contributed by atoms with E-state index in [4.69, 9.17) is 0 Å². The van der Waals surface area contributed by atoms with Crippen LogP contribution in [0.2, 0.25) is 0 Å². The first-order chi connectivity index (χ1) is 9.16. The molecule has 0 unspecified atom stereocenters. The molecule has 1 aromatic heterocycles. The summed E-state index contributed by atoms with van der Waals surface area (Å²) >= 11 is 0. The van der Waals surface area contributed by atoms with E-state index in [0.717, 1.165) is 0 Å². The summed E-state index contributed by atoms with van der Waals surface area (Å²) in [6, 6.07) is 19.5. The molecule has 0 radical (unpaired) electrons. The quantitative estimate of drug-likeness (QED) is 0.574. The van der Waals surface area contributed by atoms with Gasteiger partial charge >= 0.3 is 0 Å². The van der Waals surface area contributed by atoms with Crippen molar-refractivity contribution in [1.82, 2.24) is 0 Å². The number of aromatic nitrogens is 1. The Kier molecular flexibility index (Phi) is 2.83. The van der Waals surface area contributed by atoms with E-state index in [1.165, 1.54) is 33.3 Å². The molecule has 1 heterocycles. The third-order valence-electron chi connectivity index (χ3n) is 3.74. The maximum atomic E-state index is 2.27. The van der Waals surface area contributed by atoms with E-state index in [-0.39, 0.29) is 0 Å². The van der Waals surface area contributed by atoms with E-state index in [1.54, 1.807) is 0 Å². The predicted octanol–water partition coefficient (Wildman–Crippen LogP) is 3.95. The smallest absolute Gasteiger partial charge is 0.194 e. The number of rotatable bonds is 1. The maximum absolute atomic E-state index is 2.27. The lowest BCUT2D eigenvalue weighted by atomic mass is 10.0. The molecule has 0 spiro atoms. The number of para-hydroxylation sites is 1. The van der Waals surface area contributed by atoms with Crippen LogP contribution in [0.3, 0.4) is 0 Å². The van der Waals surface area contributed by atoms with Crippen molar-refractivity contribution >= 4 is 10.9 Å². The van der Waals surface area contributed by atoms with E-state index >= 15 is 0 Å². The average molecular weight is 248 g/mol. The summed E-state index contributed by atoms with van der Waals surface area (Å²) in [5, 5.41) is 1.28. The zero-order chi connectivity index (χ0) is 13.4. The van der Waals surface area contributed by atoms with Crippen LogP contribution in [-0.2, 0) is 7.05 Å². The van der Waals surface area contributed by atoms with E-state index in [2.05, 4.69) is 80.1 Å². The van der Waals surface area contributed by atoms with Crippen molar-refractivity contribution in [2.24, 2.45) is 7.05 Å². The molecule has 19 heavy (non-hydrogen) atoms. The van der Waals surface area contributed by atoms with Crippen LogP contribution in [0.5, 0.6) is 0 Å². The zero-order valence-corrected chi connectivity index (χ0v) is 11.6. The second kappa shape index (κ2) is 4.51. The molecule has 0 atom stereocenters. The second-order valence-corrected chi connectivity index (χ2v) is 5.15. The van der Waals surface area contributed by atoms with Gasteiger partial charge in [0.1, 0.15) is 7.05 Å². The third kappa shape index (κ3) is 2.01. The van der Waals surface area contributed by atoms with Gasteiger partial charge in [0.15, 0.2) is 0 Å². The first-order valence-corrected chi connectivity index (χ1v) is 6.62. The molecule has 94 valence electrons. The summed E-state index contributed by atoms with van der Waals surface area (Å²) in [6.45, 7) is 4.31. The molecule has 2 aromatic carbocycles. The maximum Gasteiger partial charge on any atom is 0.213 e. The fourth-order valence-corrected chi connectivity index (χ4v) is 2.72. The number of nitrogens with zero attached hydrogens (tertiary/aromatic N) is 1. The Morgan fingerprint density at radius 2 is 1.63 bits per heavy atom. The molecule has 3 rings (SSSR count). The minimum atomic E-state index is 1.26. The normalized spacial score (nSPS) is 10.9. The fourth-order valence-electron chi connectivity index (χ4n) is 2.72. The van der Waals surface area contributed by atoms with Crippen LogP contribution in [-0.4, -0.2) is 0 Å². The molecule has 1 nitrogen and oxygen atoms in total. The van der Waals surface area contributed by atoms with Crippen LogP contribution >= 0.6 is 0 Å². The van der Waals surface area contributed by atoms with Crippen LogP contribution < -0.4 is 4.57 Å². The van der Waals surface area contributed by atoms with Gasteiger partial charge in [-0.1, -0.05) is 29.8 Å². The Morgan fingerprint density at radius 3 is 2.42 bits per heavy atom. The molecule has 1 heteroatoms. The van der Waals surface area contributed by atoms with E-state index < -0.39 is 0 Å². The molecule has 0 aliphatic heterocycles. The van der Waals surface area contributed by atoms with Gasteiger partial charge < -0.3 is 0 Å². The molecule has 3 aromatic rings. The van der Waals surface area contributed by atoms with Crippen LogP contribution in [0.25, 0.3) is 22.2 Å². The highest BCUT2D eigenvalue weighted by Gasteiger charge is 2.14. The van der Waals surface area contributed by atoms with Crippen molar-refractivity contribution < 1.29 is 4.57 Å². The van der Waals surface area contributed by atoms with Gasteiger partial charge in [-0.3, -0.25) is 0 Å². The van der Waals surface area contributed by atoms with Crippen LogP contribution in [0.15, 0.2) is 54.6 Å². The molecule has 0 bridgehead atoms. The van der Waals surface area contributed by atoms with Gasteiger partial charge in [-0.2, -0.15) is 4.57 Å². The lowest BCUT2D eigenvalue weighted by Crippen LogP contribution is -2.32. The molecule has 0 saturated heterocycles. The van der Waals surface area contributed by atoms with Crippen molar-refractivity contribution in [3.63, 3.8) is 0 Å². The fraction of sp³-hybridized carbons (Fsp3) is 0.167. The summed E-state index contributed by atoms with van der Waals surface area (Å²) in [7, 11) is 2.14. The van der Waals surface area contributed by atoms with E-state index in [0.29, 0.717) is 0 Å². The largest absolute Gasteiger partial charge is 0.213 e. The van der Waals surface area contributed by atoms with Crippen LogP contribution in [0.1, 0.15) is 11.1 Å². The lowest BCUT2D eigenvalue weighted by Gasteiger charge is -2.07. The molecule has 0 fully saturated rings. The Bertz CT molecular complexity index is 757. The van der Waals surface area contributed by atoms with Crippen molar-refractivity contribution in [1.29, 1.82) is 0 Å². The summed E-state index contributed by atoms with van der Waals surface area (Å²) in [6.07, 6.45) is 0. The van der Waals surface area contributed by atoms with Gasteiger partial charge in [-0.05, 0) is 37.6 Å². The number of hydrogen-bond donors (Lipinski definition) is 0. The highest BCUT2D eigenvalue weighted by Crippen LogP contribution is 2.23. The van der Waals surface area contributed by atoms with E-state index in [1.807, 2.05) is 0 Å². The highest BCUT2D eigenvalue weighted by molar-refractivity contribution is 5.77. The molecular weight excluding hydrogens is 230 g/mol. The van der Waals surface area contributed by atoms with Gasteiger partial charge in [0.05, 0.1) is 0 Å². The Hall–Kier alpha value is -2.15. The van der Waals surface area contributed by atoms with Gasteiger partial charge in [0, 0.05) is 23.1 Å². The Balaban J connectivity index is 2.28. The molecule has 0 saturated carbocycles. The lowest BCUT2D eigenvalue weighted by molar-refractivity contribution is -0.633. The number of pyridine rings is 1. The Morgan fingerprint density at radius 1 is 0.842 bits per heavy atom. The van der Waals surface area contributed by atoms with Crippen molar-refractivity contribution in [3.8, 4) is 11.3 Å². The second-order valence-electron chi connectivity index (χ2n) is 5.15. The average Bonchev–Trinajstić information content (AvgIpc) is 2.41. The highest BCUT2D eigenvalue weighted by atomic mass is 14.9. The summed E-state index contributed by atoms with van der Waals surface area (Å²) in [5.74, 6) is 0. The molecule has 0 aliphatic rings. The number of hydrogen-bond acceptors (Lipinski definition) is 0. The SMILES string of the molecule is Cc1ccc(-c2ccc3ccccc3[n+]2C)c(C)c1. The monoisotopic (exact) mass is 248 g/mol. The number of fused-ring (bicyclic) bond motifs is 1. The van der Waals surface area contributed by atoms with Gasteiger partial charge in [0.2, 0.25) is 11.2 Å². The predicted molar refractivity (Wildman–Crippen MR) is 80.0 cm³/mol. The molecule has 0 aliphatic carbocycles. The van der Waals surface area contributed by atoms with Gasteiger partial charge in [-0.25, -0.2) is 0 Å². The van der Waals surface area contributed by atoms with Gasteiger partial charge in [-0.15, -0.1) is 0 Å². The summed E-state index contributed by atoms with van der Waals surface area (Å²) < 4.78 is 2.27. The van der Waals surface area contributed by atoms with Crippen LogP contribution in [0.4, 0.5) is 0 Å². The molecular formula is C18H18N+. The third-order valence-corrected chi connectivity index (χ3v) is 3.74. The number of benzene rings is 2. The van der Waals surface area contributed by atoms with Gasteiger partial charge in [0.25, 0.3) is 0 Å². The summed E-state index contributed by atoms with van der Waals surface area (Å²) in [5.41, 5.74) is 6.46. The molecule has 0 amide bonds. The first kappa shape index (κ1) is 11.9. The standard InChI is InChI=1S/C18H18N/c1-13-8-10-16(14(2)12-13)18-11-9-15-6-4-5-7-17(15)19(18)3/h4-12H,1-3H3/q+1. The topological polar surface area (TPSA) is 3.88 Å². The van der Waals surface area contributed by atoms with E-state index in [9.17, 15) is 0 Å². The minimum absolute atomic E-state index is 1.26. The zero-order valence-electron chi connectivity index (χ0n) is 11.6.